The van der Waals surface area contributed by atoms with Crippen LogP contribution in [0.5, 0.6) is 0 Å². The fourth-order valence-corrected chi connectivity index (χ4v) is 1.70. The molecule has 2 nitrogen and oxygen atoms in total. The van der Waals surface area contributed by atoms with E-state index in [2.05, 4.69) is 11.6 Å². The average Bonchev–Trinajstić information content (AvgIpc) is 2.21. The molecule has 1 aliphatic carbocycles. The second-order valence-corrected chi connectivity index (χ2v) is 3.42. The summed E-state index contributed by atoms with van der Waals surface area (Å²) in [4.78, 5) is 21.0. The van der Waals surface area contributed by atoms with E-state index in [4.69, 9.17) is 11.6 Å². The lowest BCUT2D eigenvalue weighted by Gasteiger charge is -2.21. The zero-order valence-corrected chi connectivity index (χ0v) is 9.14. The van der Waals surface area contributed by atoms with E-state index in [-0.39, 0.29) is 17.1 Å². The molecule has 0 aromatic carbocycles. The van der Waals surface area contributed by atoms with Gasteiger partial charge in [0.2, 0.25) is 5.24 Å². The van der Waals surface area contributed by atoms with Crippen molar-refractivity contribution >= 4 is 34.7 Å². The highest BCUT2D eigenvalue weighted by molar-refractivity contribution is 6.63. The number of hydrogen-bond acceptors (Lipinski definition) is 2. The van der Waals surface area contributed by atoms with Crippen LogP contribution in [0.3, 0.4) is 0 Å². The molecule has 0 atom stereocenters. The summed E-state index contributed by atoms with van der Waals surface area (Å²) in [6, 6.07) is 0. The molecule has 1 rings (SSSR count). The number of alkyl halides is 1. The maximum Gasteiger partial charge on any atom is 0.224 e. The van der Waals surface area contributed by atoms with E-state index >= 15 is 0 Å². The Labute approximate surface area is 88.6 Å². The lowest BCUT2D eigenvalue weighted by molar-refractivity contribution is -0.118. The minimum atomic E-state index is -0.241. The van der Waals surface area contributed by atoms with Crippen LogP contribution in [-0.2, 0) is 9.59 Å². The van der Waals surface area contributed by atoms with Crippen LogP contribution in [-0.4, -0.2) is 17.9 Å². The molecule has 0 unspecified atom stereocenters. The topological polar surface area (TPSA) is 34.1 Å². The Morgan fingerprint density at radius 3 is 2.00 bits per heavy atom. The number of carbonyl (C=O) groups excluding carboxylic acids is 2. The van der Waals surface area contributed by atoms with Crippen molar-refractivity contribution < 1.29 is 9.59 Å². The third-order valence-electron chi connectivity index (χ3n) is 2.29. The van der Waals surface area contributed by atoms with Crippen molar-refractivity contribution in [1.29, 1.82) is 0 Å². The summed E-state index contributed by atoms with van der Waals surface area (Å²) in [6.45, 7) is 0. The first kappa shape index (κ1) is 12.9. The Hall–Kier alpha value is -0.0800. The lowest BCUT2D eigenvalue weighted by Crippen LogP contribution is -2.19. The van der Waals surface area contributed by atoms with E-state index in [1.54, 1.807) is 0 Å². The van der Waals surface area contributed by atoms with E-state index in [9.17, 15) is 9.59 Å². The minimum absolute atomic E-state index is 0.00728. The summed E-state index contributed by atoms with van der Waals surface area (Å²) in [6.07, 6.45) is 5.67. The molecule has 4 heteroatoms. The minimum Gasteiger partial charge on any atom is -0.303 e. The number of hydrogen-bond donors (Lipinski definition) is 0. The Morgan fingerprint density at radius 1 is 1.23 bits per heavy atom. The molecular formula is C9H14Cl2O2. The van der Waals surface area contributed by atoms with Crippen molar-refractivity contribution in [2.75, 3.05) is 6.38 Å². The van der Waals surface area contributed by atoms with Crippen LogP contribution in [0.2, 0.25) is 0 Å². The molecule has 1 fully saturated rings. The second kappa shape index (κ2) is 7.34. The third kappa shape index (κ3) is 4.63. The zero-order chi connectivity index (χ0) is 10.3. The third-order valence-corrected chi connectivity index (χ3v) is 2.59. The van der Waals surface area contributed by atoms with Gasteiger partial charge in [0.1, 0.15) is 6.29 Å². The molecule has 0 aromatic rings. The van der Waals surface area contributed by atoms with Crippen molar-refractivity contribution in [3.05, 3.63) is 0 Å². The molecule has 76 valence electrons. The number of rotatable bonds is 2. The van der Waals surface area contributed by atoms with Gasteiger partial charge in [-0.05, 0) is 37.3 Å². The molecule has 0 amide bonds. The van der Waals surface area contributed by atoms with Gasteiger partial charge in [0.05, 0.1) is 0 Å². The summed E-state index contributed by atoms with van der Waals surface area (Å²) in [5.74, 6) is 0.176. The van der Waals surface area contributed by atoms with Crippen LogP contribution < -0.4 is 0 Å². The van der Waals surface area contributed by atoms with Crippen molar-refractivity contribution in [2.45, 2.75) is 25.7 Å². The second-order valence-electron chi connectivity index (χ2n) is 3.05. The van der Waals surface area contributed by atoms with Gasteiger partial charge in [-0.2, -0.15) is 0 Å². The van der Waals surface area contributed by atoms with E-state index < -0.39 is 0 Å². The summed E-state index contributed by atoms with van der Waals surface area (Å²) in [5.41, 5.74) is 0. The van der Waals surface area contributed by atoms with Crippen molar-refractivity contribution in [3.63, 3.8) is 0 Å². The first-order valence-corrected chi connectivity index (χ1v) is 5.40. The molecule has 1 aliphatic rings. The van der Waals surface area contributed by atoms with Gasteiger partial charge in [0.25, 0.3) is 0 Å². The highest BCUT2D eigenvalue weighted by atomic mass is 35.5. The maximum atomic E-state index is 10.7. The predicted octanol–water partition coefficient (Wildman–Crippen LogP) is 2.61. The van der Waals surface area contributed by atoms with Crippen LogP contribution in [0.25, 0.3) is 0 Å². The summed E-state index contributed by atoms with van der Waals surface area (Å²) >= 11 is 9.96. The van der Waals surface area contributed by atoms with Crippen LogP contribution in [0.1, 0.15) is 25.7 Å². The summed E-state index contributed by atoms with van der Waals surface area (Å²) in [5, 5.41) is -0.241. The van der Waals surface area contributed by atoms with Crippen molar-refractivity contribution in [3.8, 4) is 0 Å². The molecule has 0 aliphatic heterocycles. The molecule has 0 heterocycles. The normalized spacial score (nSPS) is 27.0. The van der Waals surface area contributed by atoms with Gasteiger partial charge in [0.15, 0.2) is 0 Å². The first-order chi connectivity index (χ1) is 6.24. The molecular weight excluding hydrogens is 211 g/mol. The van der Waals surface area contributed by atoms with Crippen LogP contribution in [0.4, 0.5) is 0 Å². The van der Waals surface area contributed by atoms with E-state index in [0.29, 0.717) is 0 Å². The van der Waals surface area contributed by atoms with E-state index in [1.165, 1.54) is 6.38 Å². The smallest absolute Gasteiger partial charge is 0.224 e. The average molecular weight is 225 g/mol. The van der Waals surface area contributed by atoms with Gasteiger partial charge < -0.3 is 4.79 Å². The fraction of sp³-hybridized carbons (Fsp3) is 0.778. The molecule has 0 radical (unpaired) electrons. The van der Waals surface area contributed by atoms with Crippen molar-refractivity contribution in [1.82, 2.24) is 0 Å². The van der Waals surface area contributed by atoms with Gasteiger partial charge >= 0.3 is 0 Å². The molecule has 0 spiro atoms. The molecule has 0 N–H and O–H groups in total. The predicted molar refractivity (Wildman–Crippen MR) is 54.1 cm³/mol. The SMILES string of the molecule is CCl.O=CC1CCC(C(=O)Cl)CC1. The van der Waals surface area contributed by atoms with E-state index in [1.807, 2.05) is 0 Å². The molecule has 0 bridgehead atoms. The summed E-state index contributed by atoms with van der Waals surface area (Å²) < 4.78 is 0. The van der Waals surface area contributed by atoms with E-state index in [0.717, 1.165) is 32.0 Å². The zero-order valence-electron chi connectivity index (χ0n) is 7.63. The van der Waals surface area contributed by atoms with Crippen LogP contribution in [0, 0.1) is 11.8 Å². The monoisotopic (exact) mass is 224 g/mol. The van der Waals surface area contributed by atoms with Gasteiger partial charge in [0, 0.05) is 18.2 Å². The van der Waals surface area contributed by atoms with Gasteiger partial charge in [-0.15, -0.1) is 11.6 Å². The number of carbonyl (C=O) groups is 2. The Balaban J connectivity index is 0.000000671. The Kier molecular flexibility index (Phi) is 7.29. The van der Waals surface area contributed by atoms with Crippen molar-refractivity contribution in [2.24, 2.45) is 11.8 Å². The van der Waals surface area contributed by atoms with Gasteiger partial charge in [-0.3, -0.25) is 4.79 Å². The standard InChI is InChI=1S/C8H11ClO2.CH3Cl/c9-8(11)7-3-1-6(5-10)2-4-7;1-2/h5-7H,1-4H2;1H3. The molecule has 0 saturated heterocycles. The molecule has 13 heavy (non-hydrogen) atoms. The molecule has 0 aromatic heterocycles. The van der Waals surface area contributed by atoms with Gasteiger partial charge in [-0.1, -0.05) is 0 Å². The Bertz CT molecular complexity index is 163. The first-order valence-electron chi connectivity index (χ1n) is 4.26. The van der Waals surface area contributed by atoms with Crippen LogP contribution >= 0.6 is 23.2 Å². The highest BCUT2D eigenvalue weighted by Gasteiger charge is 2.24. The quantitative estimate of drug-likeness (QED) is 0.411. The number of halogens is 2. The van der Waals surface area contributed by atoms with Gasteiger partial charge in [-0.25, -0.2) is 0 Å². The largest absolute Gasteiger partial charge is 0.303 e. The highest BCUT2D eigenvalue weighted by Crippen LogP contribution is 2.28. The maximum absolute atomic E-state index is 10.7. The summed E-state index contributed by atoms with van der Waals surface area (Å²) in [7, 11) is 0. The molecule has 1 saturated carbocycles. The lowest BCUT2D eigenvalue weighted by atomic mass is 9.83. The number of aldehydes is 1. The fourth-order valence-electron chi connectivity index (χ4n) is 1.48. The Morgan fingerprint density at radius 2 is 1.69 bits per heavy atom. The van der Waals surface area contributed by atoms with Crippen LogP contribution in [0.15, 0.2) is 0 Å².